The number of nitrogen functional groups attached to an aromatic ring is 1. The summed E-state index contributed by atoms with van der Waals surface area (Å²) in [4.78, 5) is 79.7. The fourth-order valence-corrected chi connectivity index (χ4v) is 14.7. The molecule has 0 radical (unpaired) electrons. The number of nitrogens with two attached hydrogens (primary N) is 2. The minimum atomic E-state index is -1.08. The van der Waals surface area contributed by atoms with E-state index in [2.05, 4.69) is 46.2 Å². The van der Waals surface area contributed by atoms with Crippen LogP contribution in [0.3, 0.4) is 0 Å². The molecule has 0 spiro atoms. The molecular formula is C61H72F3N13O11S3. The number of carbonyl (C=O) groups excluding carboxylic acids is 4. The Balaban J connectivity index is 0.000000164. The summed E-state index contributed by atoms with van der Waals surface area (Å²) in [5.74, 6) is -0.00448. The van der Waals surface area contributed by atoms with E-state index in [-0.39, 0.29) is 84.5 Å². The first kappa shape index (κ1) is 67.6. The number of methoxy groups -OCH3 is 2. The molecule has 3 fully saturated rings. The minimum absolute atomic E-state index is 0.0204. The topological polar surface area (TPSA) is 322 Å². The van der Waals surface area contributed by atoms with Gasteiger partial charge in [-0.05, 0) is 117 Å². The van der Waals surface area contributed by atoms with Gasteiger partial charge in [0, 0.05) is 68.8 Å². The maximum Gasteiger partial charge on any atom is 0.413 e. The molecule has 6 aliphatic heterocycles. The van der Waals surface area contributed by atoms with Crippen LogP contribution in [0.15, 0.2) is 94.4 Å². The average molecular weight is 1320 g/mol. The molecule has 4 amide bonds. The standard InChI is InChI=1S/C24H28FN5O5S.C19H20FN5O3S.C18H24FN3O3S/c1-13-16-11-36-21(29-22(32)35-23(2,3)4)30-24(16,12-34-13)15-8-14(6-7-17(15)25)28-20(31)18-9-27-19(33-5)10-26-18;1-10-13-8-29-18(21)25-19(13,9-28-10)12-5-11(3-4-14(12)20)24-17(26)15-6-23-16(27-2)7-22-15;1-10-13-8-26-15(21-16(23)25-17(2,3)4)22-18(13,9-24-10)12-7-11(20)5-6-14(12)19/h6-10,13,16H,11-12H2,1-5H3,(H,28,31)(H,29,30,32);3-7,10,13H,8-9H2,1-2H3,(H2,21,25)(H,24,26);5-7,10,13H,8-9,20H2,1-4H3,(H,21,22,23)/t13-,16-,24-;10-,13-,19-;10-,13-,18-/m111/s1. The van der Waals surface area contributed by atoms with Gasteiger partial charge in [-0.1, -0.05) is 35.3 Å². The lowest BCUT2D eigenvalue weighted by Crippen LogP contribution is -2.44. The van der Waals surface area contributed by atoms with Crippen molar-refractivity contribution in [3.05, 3.63) is 125 Å². The highest BCUT2D eigenvalue weighted by molar-refractivity contribution is 8.14. The Morgan fingerprint density at radius 2 is 0.901 bits per heavy atom. The first-order valence-electron chi connectivity index (χ1n) is 28.8. The van der Waals surface area contributed by atoms with E-state index in [1.165, 1.54) is 111 Å². The van der Waals surface area contributed by atoms with Crippen molar-refractivity contribution in [3.63, 3.8) is 0 Å². The predicted molar refractivity (Wildman–Crippen MR) is 341 cm³/mol. The number of ether oxygens (including phenoxy) is 7. The van der Waals surface area contributed by atoms with Gasteiger partial charge in [-0.3, -0.25) is 20.2 Å². The minimum Gasteiger partial charge on any atom is -0.480 e. The molecule has 8 N–H and O–H groups in total. The Labute approximate surface area is 536 Å². The highest BCUT2D eigenvalue weighted by Gasteiger charge is 2.56. The third-order valence-corrected chi connectivity index (χ3v) is 18.5. The fraction of sp³-hybridized carbons (Fsp3) is 0.459. The highest BCUT2D eigenvalue weighted by Crippen LogP contribution is 2.51. The van der Waals surface area contributed by atoms with Crippen molar-refractivity contribution in [3.8, 4) is 11.8 Å². The quantitative estimate of drug-likeness (QED) is 0.0749. The number of carbonyl (C=O) groups is 4. The molecule has 0 unspecified atom stereocenters. The molecule has 9 atom stereocenters. The van der Waals surface area contributed by atoms with Crippen LogP contribution in [0.4, 0.5) is 39.8 Å². The fourth-order valence-electron chi connectivity index (χ4n) is 11.1. The summed E-state index contributed by atoms with van der Waals surface area (Å²) in [5, 5.41) is 11.9. The van der Waals surface area contributed by atoms with Gasteiger partial charge in [0.2, 0.25) is 11.8 Å². The first-order valence-corrected chi connectivity index (χ1v) is 31.8. The number of nitrogens with one attached hydrogen (secondary N) is 4. The summed E-state index contributed by atoms with van der Waals surface area (Å²) in [6.07, 6.45) is 3.72. The summed E-state index contributed by atoms with van der Waals surface area (Å²) in [5.41, 5.74) is 10.1. The number of rotatable bonds is 9. The summed E-state index contributed by atoms with van der Waals surface area (Å²) >= 11 is 4.20. The number of hydrogen-bond acceptors (Lipinski definition) is 23. The van der Waals surface area contributed by atoms with Crippen molar-refractivity contribution in [2.24, 2.45) is 38.5 Å². The van der Waals surface area contributed by atoms with Crippen LogP contribution in [0.2, 0.25) is 0 Å². The molecule has 0 bridgehead atoms. The van der Waals surface area contributed by atoms with Gasteiger partial charge in [-0.25, -0.2) is 57.7 Å². The molecule has 6 aliphatic rings. The predicted octanol–water partition coefficient (Wildman–Crippen LogP) is 9.17. The monoisotopic (exact) mass is 1320 g/mol. The number of amides is 4. The number of anilines is 3. The lowest BCUT2D eigenvalue weighted by Gasteiger charge is -2.36. The molecule has 0 saturated carbocycles. The summed E-state index contributed by atoms with van der Waals surface area (Å²) < 4.78 is 82.8. The smallest absolute Gasteiger partial charge is 0.413 e. The SMILES string of the molecule is COc1cnc(C(=O)Nc2ccc(F)c([C@]34CO[C@H](C)[C@H]3CSC(N)=N4)c2)cn1.COc1cnc(C(=O)Nc2ccc(F)c([C@]34CO[C@H](C)[C@H]3CSC(NC(=O)OC(C)(C)C)=N4)c2)cn1.C[C@H]1OC[C@]2(c3cc(N)ccc3F)N=C(NC(=O)OC(C)(C)C)SC[C@H]12. The van der Waals surface area contributed by atoms with E-state index in [0.29, 0.717) is 66.8 Å². The highest BCUT2D eigenvalue weighted by atomic mass is 32.2. The van der Waals surface area contributed by atoms with Gasteiger partial charge in [0.05, 0.1) is 77.1 Å². The molecule has 30 heteroatoms. The largest absolute Gasteiger partial charge is 0.480 e. The zero-order valence-electron chi connectivity index (χ0n) is 51.8. The Bertz CT molecular complexity index is 3640. The van der Waals surface area contributed by atoms with Crippen LogP contribution in [0.25, 0.3) is 0 Å². The van der Waals surface area contributed by atoms with Crippen LogP contribution < -0.4 is 42.2 Å². The third-order valence-electron chi connectivity index (χ3n) is 15.6. The number of aliphatic imine (C=N–C) groups is 3. The van der Waals surface area contributed by atoms with E-state index < -0.39 is 63.5 Å². The Kier molecular flexibility index (Phi) is 20.5. The number of aromatic nitrogens is 4. The first-order chi connectivity index (χ1) is 43.0. The second kappa shape index (κ2) is 27.6. The number of alkyl carbamates (subject to hydrolysis) is 2. The van der Waals surface area contributed by atoms with Gasteiger partial charge in [0.1, 0.15) is 56.7 Å². The van der Waals surface area contributed by atoms with E-state index in [4.69, 9.17) is 54.6 Å². The normalized spacial score (nSPS) is 25.5. The molecule has 3 saturated heterocycles. The van der Waals surface area contributed by atoms with Gasteiger partial charge in [-0.15, -0.1) is 0 Å². The van der Waals surface area contributed by atoms with Gasteiger partial charge in [0.25, 0.3) is 11.8 Å². The lowest BCUT2D eigenvalue weighted by molar-refractivity contribution is 0.0552. The molecule has 5 aromatic rings. The average Bonchev–Trinajstić information content (AvgIpc) is 1.68. The second-order valence-corrected chi connectivity index (χ2v) is 27.1. The van der Waals surface area contributed by atoms with Gasteiger partial charge >= 0.3 is 12.2 Å². The van der Waals surface area contributed by atoms with Gasteiger partial charge in [0.15, 0.2) is 15.5 Å². The molecule has 0 aliphatic carbocycles. The van der Waals surface area contributed by atoms with Crippen LogP contribution >= 0.6 is 35.3 Å². The van der Waals surface area contributed by atoms with Crippen molar-refractivity contribution < 1.29 is 65.5 Å². The summed E-state index contributed by atoms with van der Waals surface area (Å²) in [7, 11) is 2.91. The van der Waals surface area contributed by atoms with Crippen LogP contribution in [0.5, 0.6) is 11.8 Å². The van der Waals surface area contributed by atoms with Crippen LogP contribution in [-0.4, -0.2) is 140 Å². The van der Waals surface area contributed by atoms with Crippen molar-refractivity contribution in [2.75, 3.05) is 67.7 Å². The van der Waals surface area contributed by atoms with E-state index >= 15 is 4.39 Å². The maximum absolute atomic E-state index is 15.3. The summed E-state index contributed by atoms with van der Waals surface area (Å²) in [6.45, 7) is 17.1. The van der Waals surface area contributed by atoms with Gasteiger partial charge < -0.3 is 55.3 Å². The number of fused-ring (bicyclic) bond motifs is 3. The Morgan fingerprint density at radius 1 is 0.527 bits per heavy atom. The third kappa shape index (κ3) is 15.4. The molecule has 3 aromatic carbocycles. The zero-order chi connectivity index (χ0) is 65.8. The van der Waals surface area contributed by atoms with Crippen molar-refractivity contribution in [1.29, 1.82) is 0 Å². The van der Waals surface area contributed by atoms with Crippen molar-refractivity contribution >= 4 is 91.9 Å². The van der Waals surface area contributed by atoms with Crippen molar-refractivity contribution in [2.45, 2.75) is 108 Å². The van der Waals surface area contributed by atoms with E-state index in [1.54, 1.807) is 59.7 Å². The Hall–Kier alpha value is -7.77. The number of halogens is 3. The molecular weight excluding hydrogens is 1240 g/mol. The van der Waals surface area contributed by atoms with E-state index in [9.17, 15) is 28.0 Å². The van der Waals surface area contributed by atoms with E-state index in [0.717, 1.165) is 0 Å². The molecule has 486 valence electrons. The second-order valence-electron chi connectivity index (χ2n) is 24.0. The van der Waals surface area contributed by atoms with Crippen molar-refractivity contribution in [1.82, 2.24) is 30.6 Å². The molecule has 24 nitrogen and oxygen atoms in total. The number of hydrogen-bond donors (Lipinski definition) is 6. The zero-order valence-corrected chi connectivity index (χ0v) is 54.3. The van der Waals surface area contributed by atoms with Crippen LogP contribution in [0.1, 0.15) is 100.0 Å². The van der Waals surface area contributed by atoms with E-state index in [1.807, 2.05) is 20.8 Å². The molecule has 8 heterocycles. The number of thioether (sulfide) groups is 3. The van der Waals surface area contributed by atoms with Gasteiger partial charge in [-0.2, -0.15) is 0 Å². The Morgan fingerprint density at radius 3 is 1.27 bits per heavy atom. The molecule has 2 aromatic heterocycles. The van der Waals surface area contributed by atoms with Crippen LogP contribution in [-0.2, 0) is 40.3 Å². The summed E-state index contributed by atoms with van der Waals surface area (Å²) in [6, 6.07) is 13.1. The molecule has 11 rings (SSSR count). The number of benzene rings is 3. The molecule has 91 heavy (non-hydrogen) atoms. The number of nitrogens with zero attached hydrogens (tertiary/aromatic N) is 7. The van der Waals surface area contributed by atoms with Crippen LogP contribution in [0, 0.1) is 35.2 Å². The number of amidine groups is 3. The maximum atomic E-state index is 15.3. The lowest BCUT2D eigenvalue weighted by atomic mass is 9.79.